The molecule has 1 aliphatic heterocycles. The van der Waals surface area contributed by atoms with Crippen LogP contribution in [0.1, 0.15) is 5.56 Å². The number of aromatic nitrogens is 1. The number of pyridine rings is 1. The molecular formula is C8H9N3O. The number of fused-ring (bicyclic) bond motifs is 1. The van der Waals surface area contributed by atoms with Gasteiger partial charge >= 0.3 is 0 Å². The first kappa shape index (κ1) is 7.24. The zero-order valence-electron chi connectivity index (χ0n) is 6.45. The van der Waals surface area contributed by atoms with Crippen molar-refractivity contribution in [1.82, 2.24) is 4.98 Å². The Morgan fingerprint density at radius 3 is 3.33 bits per heavy atom. The molecule has 2 heterocycles. The summed E-state index contributed by atoms with van der Waals surface area (Å²) in [5.74, 6) is -0.117. The van der Waals surface area contributed by atoms with Crippen LogP contribution in [0.4, 0.5) is 5.69 Å². The Kier molecular flexibility index (Phi) is 1.55. The number of nitrogens with two attached hydrogens (primary N) is 1. The Morgan fingerprint density at radius 1 is 1.67 bits per heavy atom. The van der Waals surface area contributed by atoms with Crippen LogP contribution >= 0.6 is 0 Å². The Balaban J connectivity index is 2.40. The van der Waals surface area contributed by atoms with E-state index in [1.165, 1.54) is 0 Å². The first-order valence-corrected chi connectivity index (χ1v) is 3.77. The summed E-state index contributed by atoms with van der Waals surface area (Å²) < 4.78 is 0. The molecule has 0 aliphatic carbocycles. The minimum atomic E-state index is -0.429. The Hall–Kier alpha value is -1.42. The molecule has 1 aromatic rings. The predicted molar refractivity (Wildman–Crippen MR) is 44.5 cm³/mol. The van der Waals surface area contributed by atoms with Gasteiger partial charge in [0.05, 0.1) is 6.04 Å². The quantitative estimate of drug-likeness (QED) is 0.561. The van der Waals surface area contributed by atoms with Gasteiger partial charge in [-0.25, -0.2) is 0 Å². The van der Waals surface area contributed by atoms with Gasteiger partial charge in [-0.2, -0.15) is 0 Å². The Labute approximate surface area is 69.8 Å². The number of hydrogen-bond donors (Lipinski definition) is 2. The van der Waals surface area contributed by atoms with Crippen molar-refractivity contribution in [2.45, 2.75) is 12.5 Å². The number of rotatable bonds is 0. The van der Waals surface area contributed by atoms with Gasteiger partial charge in [-0.15, -0.1) is 0 Å². The third-order valence-corrected chi connectivity index (χ3v) is 1.94. The van der Waals surface area contributed by atoms with E-state index < -0.39 is 6.04 Å². The molecular weight excluding hydrogens is 154 g/mol. The van der Waals surface area contributed by atoms with Crippen molar-refractivity contribution >= 4 is 11.6 Å². The van der Waals surface area contributed by atoms with Gasteiger partial charge in [0.1, 0.15) is 0 Å². The first-order valence-electron chi connectivity index (χ1n) is 3.77. The fourth-order valence-corrected chi connectivity index (χ4v) is 1.27. The molecule has 3 N–H and O–H groups in total. The lowest BCUT2D eigenvalue weighted by atomic mass is 10.0. The Bertz CT molecular complexity index is 324. The van der Waals surface area contributed by atoms with Crippen LogP contribution in [-0.2, 0) is 11.2 Å². The Morgan fingerprint density at radius 2 is 2.50 bits per heavy atom. The van der Waals surface area contributed by atoms with Crippen LogP contribution in [0.2, 0.25) is 0 Å². The average Bonchev–Trinajstić information content (AvgIpc) is 2.07. The maximum absolute atomic E-state index is 11.1. The molecule has 0 spiro atoms. The van der Waals surface area contributed by atoms with Gasteiger partial charge in [-0.05, 0) is 11.6 Å². The van der Waals surface area contributed by atoms with Crippen molar-refractivity contribution in [3.63, 3.8) is 0 Å². The third kappa shape index (κ3) is 1.06. The topological polar surface area (TPSA) is 68.0 Å². The van der Waals surface area contributed by atoms with E-state index in [0.717, 1.165) is 11.3 Å². The zero-order chi connectivity index (χ0) is 8.55. The van der Waals surface area contributed by atoms with E-state index in [-0.39, 0.29) is 5.91 Å². The molecule has 12 heavy (non-hydrogen) atoms. The number of anilines is 1. The number of amides is 1. The van der Waals surface area contributed by atoms with Crippen molar-refractivity contribution in [1.29, 1.82) is 0 Å². The van der Waals surface area contributed by atoms with Gasteiger partial charge in [0.25, 0.3) is 0 Å². The van der Waals surface area contributed by atoms with Crippen LogP contribution in [0.5, 0.6) is 0 Å². The molecule has 4 nitrogen and oxygen atoms in total. The predicted octanol–water partition coefficient (Wildman–Crippen LogP) is -0.0965. The highest BCUT2D eigenvalue weighted by Gasteiger charge is 2.21. The largest absolute Gasteiger partial charge is 0.324 e. The molecule has 0 aromatic carbocycles. The van der Waals surface area contributed by atoms with Crippen molar-refractivity contribution in [3.05, 3.63) is 24.0 Å². The molecule has 1 atom stereocenters. The van der Waals surface area contributed by atoms with Crippen LogP contribution in [0, 0.1) is 0 Å². The molecule has 1 aliphatic rings. The van der Waals surface area contributed by atoms with Crippen LogP contribution in [0.15, 0.2) is 18.5 Å². The summed E-state index contributed by atoms with van der Waals surface area (Å²) in [6, 6.07) is 1.35. The summed E-state index contributed by atoms with van der Waals surface area (Å²) >= 11 is 0. The fraction of sp³-hybridized carbons (Fsp3) is 0.250. The van der Waals surface area contributed by atoms with Crippen LogP contribution in [-0.4, -0.2) is 16.9 Å². The molecule has 0 saturated heterocycles. The normalized spacial score (nSPS) is 21.4. The molecule has 4 heteroatoms. The number of hydrogen-bond acceptors (Lipinski definition) is 3. The number of carbonyl (C=O) groups excluding carboxylic acids is 1. The molecule has 2 rings (SSSR count). The van der Waals surface area contributed by atoms with Crippen molar-refractivity contribution < 1.29 is 4.79 Å². The van der Waals surface area contributed by atoms with Gasteiger partial charge in [0.15, 0.2) is 0 Å². The molecule has 1 amide bonds. The maximum atomic E-state index is 11.1. The molecule has 0 saturated carbocycles. The highest BCUT2D eigenvalue weighted by molar-refractivity contribution is 5.97. The van der Waals surface area contributed by atoms with E-state index in [2.05, 4.69) is 10.3 Å². The fourth-order valence-electron chi connectivity index (χ4n) is 1.27. The molecule has 0 bridgehead atoms. The van der Waals surface area contributed by atoms with E-state index in [1.54, 1.807) is 18.5 Å². The smallest absolute Gasteiger partial charge is 0.241 e. The molecule has 0 radical (unpaired) electrons. The first-order chi connectivity index (χ1) is 5.77. The monoisotopic (exact) mass is 163 g/mol. The highest BCUT2D eigenvalue weighted by atomic mass is 16.2. The number of carbonyl (C=O) groups is 1. The van der Waals surface area contributed by atoms with E-state index >= 15 is 0 Å². The minimum absolute atomic E-state index is 0.117. The number of nitrogens with zero attached hydrogens (tertiary/aromatic N) is 1. The molecule has 0 fully saturated rings. The molecule has 62 valence electrons. The second-order valence-electron chi connectivity index (χ2n) is 2.83. The average molecular weight is 163 g/mol. The van der Waals surface area contributed by atoms with Gasteiger partial charge < -0.3 is 11.1 Å². The van der Waals surface area contributed by atoms with Crippen molar-refractivity contribution in [2.75, 3.05) is 5.32 Å². The number of nitrogens with one attached hydrogen (secondary N) is 1. The standard InChI is InChI=1S/C8H9N3O/c9-6-3-5-4-10-2-1-7(5)11-8(6)12/h1-2,4,6H,3,9H2,(H,11,12)/t6-/m1/s1. The summed E-state index contributed by atoms with van der Waals surface area (Å²) in [7, 11) is 0. The van der Waals surface area contributed by atoms with Gasteiger partial charge in [-0.3, -0.25) is 9.78 Å². The molecule has 1 aromatic heterocycles. The summed E-state index contributed by atoms with van der Waals surface area (Å²) in [4.78, 5) is 15.1. The third-order valence-electron chi connectivity index (χ3n) is 1.94. The van der Waals surface area contributed by atoms with E-state index in [1.807, 2.05) is 0 Å². The van der Waals surface area contributed by atoms with Crippen LogP contribution < -0.4 is 11.1 Å². The van der Waals surface area contributed by atoms with Gasteiger partial charge in [0.2, 0.25) is 5.91 Å². The zero-order valence-corrected chi connectivity index (χ0v) is 6.45. The van der Waals surface area contributed by atoms with Gasteiger partial charge in [0, 0.05) is 24.5 Å². The minimum Gasteiger partial charge on any atom is -0.324 e. The van der Waals surface area contributed by atoms with E-state index in [0.29, 0.717) is 6.42 Å². The van der Waals surface area contributed by atoms with Gasteiger partial charge in [-0.1, -0.05) is 0 Å². The second kappa shape index (κ2) is 2.57. The summed E-state index contributed by atoms with van der Waals surface area (Å²) in [6.07, 6.45) is 3.96. The lowest BCUT2D eigenvalue weighted by molar-refractivity contribution is -0.117. The van der Waals surface area contributed by atoms with E-state index in [9.17, 15) is 4.79 Å². The lowest BCUT2D eigenvalue weighted by Crippen LogP contribution is -2.41. The summed E-state index contributed by atoms with van der Waals surface area (Å²) in [5.41, 5.74) is 7.39. The van der Waals surface area contributed by atoms with Crippen molar-refractivity contribution in [2.24, 2.45) is 5.73 Å². The van der Waals surface area contributed by atoms with E-state index in [4.69, 9.17) is 5.73 Å². The molecule has 0 unspecified atom stereocenters. The summed E-state index contributed by atoms with van der Waals surface area (Å²) in [5, 5.41) is 2.71. The maximum Gasteiger partial charge on any atom is 0.241 e. The van der Waals surface area contributed by atoms with Crippen molar-refractivity contribution in [3.8, 4) is 0 Å². The SMILES string of the molecule is N[C@@H]1Cc2cnccc2NC1=O. The van der Waals surface area contributed by atoms with Crippen LogP contribution in [0.25, 0.3) is 0 Å². The highest BCUT2D eigenvalue weighted by Crippen LogP contribution is 2.19. The summed E-state index contributed by atoms with van der Waals surface area (Å²) in [6.45, 7) is 0. The second-order valence-corrected chi connectivity index (χ2v) is 2.83. The lowest BCUT2D eigenvalue weighted by Gasteiger charge is -2.20. The van der Waals surface area contributed by atoms with Crippen LogP contribution in [0.3, 0.4) is 0 Å².